The largest absolute Gasteiger partial charge is 0.493 e. The Labute approximate surface area is 205 Å². The molecule has 4 aromatic rings. The summed E-state index contributed by atoms with van der Waals surface area (Å²) in [4.78, 5) is 30.3. The van der Waals surface area contributed by atoms with E-state index >= 15 is 0 Å². The third-order valence-electron chi connectivity index (χ3n) is 5.24. The van der Waals surface area contributed by atoms with Gasteiger partial charge in [-0.2, -0.15) is 0 Å². The van der Waals surface area contributed by atoms with Crippen LogP contribution in [-0.2, 0) is 4.79 Å². The Balaban J connectivity index is 1.47. The lowest BCUT2D eigenvalue weighted by Gasteiger charge is -2.14. The smallest absolute Gasteiger partial charge is 0.266 e. The molecule has 0 saturated carbocycles. The minimum atomic E-state index is -0.425. The van der Waals surface area contributed by atoms with E-state index < -0.39 is 5.82 Å². The quantitative estimate of drug-likeness (QED) is 0.215. The molecule has 1 aromatic heterocycles. The number of benzene rings is 3. The Kier molecular flexibility index (Phi) is 7.67. The number of amides is 1. The zero-order valence-corrected chi connectivity index (χ0v) is 20.1. The van der Waals surface area contributed by atoms with E-state index in [0.29, 0.717) is 45.4 Å². The number of aromatic nitrogens is 2. The summed E-state index contributed by atoms with van der Waals surface area (Å²) >= 11 is 1.11. The third-order valence-corrected chi connectivity index (χ3v) is 6.18. The van der Waals surface area contributed by atoms with Gasteiger partial charge in [-0.15, -0.1) is 0 Å². The summed E-state index contributed by atoms with van der Waals surface area (Å²) in [5.74, 6) is 0.554. The molecular weight excluding hydrogens is 469 g/mol. The van der Waals surface area contributed by atoms with Crippen molar-refractivity contribution in [2.75, 3.05) is 26.0 Å². The van der Waals surface area contributed by atoms with E-state index in [-0.39, 0.29) is 23.8 Å². The average Bonchev–Trinajstić information content (AvgIpc) is 2.87. The third kappa shape index (κ3) is 5.63. The van der Waals surface area contributed by atoms with Gasteiger partial charge in [-0.25, -0.2) is 9.37 Å². The number of para-hydroxylation sites is 3. The second-order valence-corrected chi connectivity index (χ2v) is 8.57. The van der Waals surface area contributed by atoms with E-state index in [1.807, 2.05) is 12.1 Å². The van der Waals surface area contributed by atoms with Crippen molar-refractivity contribution >= 4 is 28.6 Å². The van der Waals surface area contributed by atoms with Crippen LogP contribution in [0.2, 0.25) is 0 Å². The molecule has 0 unspecified atom stereocenters. The van der Waals surface area contributed by atoms with Crippen molar-refractivity contribution in [3.8, 4) is 17.2 Å². The lowest BCUT2D eigenvalue weighted by molar-refractivity contribution is -0.118. The van der Waals surface area contributed by atoms with Crippen LogP contribution in [0.5, 0.6) is 11.5 Å². The number of halogens is 1. The number of carbonyl (C=O) groups is 1. The fourth-order valence-electron chi connectivity index (χ4n) is 3.43. The van der Waals surface area contributed by atoms with Gasteiger partial charge in [0.2, 0.25) is 5.91 Å². The van der Waals surface area contributed by atoms with Crippen molar-refractivity contribution in [1.82, 2.24) is 14.9 Å². The molecule has 0 saturated heterocycles. The molecule has 3 aromatic carbocycles. The van der Waals surface area contributed by atoms with Gasteiger partial charge >= 0.3 is 0 Å². The molecule has 0 aliphatic carbocycles. The first-order chi connectivity index (χ1) is 17.0. The maximum atomic E-state index is 14.3. The highest BCUT2D eigenvalue weighted by Gasteiger charge is 2.16. The van der Waals surface area contributed by atoms with E-state index in [9.17, 15) is 14.0 Å². The van der Waals surface area contributed by atoms with Crippen molar-refractivity contribution in [3.05, 3.63) is 88.5 Å². The topological polar surface area (TPSA) is 82.5 Å². The van der Waals surface area contributed by atoms with Crippen LogP contribution in [0.25, 0.3) is 16.6 Å². The van der Waals surface area contributed by atoms with Gasteiger partial charge in [0.15, 0.2) is 16.7 Å². The zero-order valence-electron chi connectivity index (χ0n) is 19.3. The van der Waals surface area contributed by atoms with Gasteiger partial charge in [0.1, 0.15) is 12.4 Å². The van der Waals surface area contributed by atoms with Crippen molar-refractivity contribution in [2.45, 2.75) is 12.1 Å². The van der Waals surface area contributed by atoms with Crippen LogP contribution in [0.15, 0.2) is 76.7 Å². The molecule has 180 valence electrons. The molecule has 0 atom stereocenters. The van der Waals surface area contributed by atoms with Gasteiger partial charge in [-0.3, -0.25) is 14.2 Å². The van der Waals surface area contributed by atoms with E-state index in [1.54, 1.807) is 62.6 Å². The maximum absolute atomic E-state index is 14.3. The van der Waals surface area contributed by atoms with E-state index in [0.717, 1.165) is 11.8 Å². The van der Waals surface area contributed by atoms with Gasteiger partial charge < -0.3 is 14.8 Å². The van der Waals surface area contributed by atoms with Crippen molar-refractivity contribution in [3.63, 3.8) is 0 Å². The van der Waals surface area contributed by atoms with E-state index in [4.69, 9.17) is 9.47 Å². The summed E-state index contributed by atoms with van der Waals surface area (Å²) in [5, 5.41) is 3.50. The predicted octanol–water partition coefficient (Wildman–Crippen LogP) is 4.13. The summed E-state index contributed by atoms with van der Waals surface area (Å²) in [6.45, 7) is 2.20. The number of hydrogen-bond donors (Lipinski definition) is 1. The zero-order chi connectivity index (χ0) is 24.8. The number of hydrogen-bond acceptors (Lipinski definition) is 6. The van der Waals surface area contributed by atoms with E-state index in [1.165, 1.54) is 10.6 Å². The number of ether oxygens (including phenoxy) is 2. The van der Waals surface area contributed by atoms with Crippen LogP contribution in [0.4, 0.5) is 4.39 Å². The number of fused-ring (bicyclic) bond motifs is 1. The maximum Gasteiger partial charge on any atom is 0.266 e. The van der Waals surface area contributed by atoms with Crippen molar-refractivity contribution in [2.24, 2.45) is 0 Å². The molecule has 9 heteroatoms. The molecule has 0 radical (unpaired) electrons. The Hall–Kier alpha value is -3.85. The highest BCUT2D eigenvalue weighted by molar-refractivity contribution is 7.99. The van der Waals surface area contributed by atoms with Gasteiger partial charge in [0.05, 0.1) is 36.0 Å². The van der Waals surface area contributed by atoms with Gasteiger partial charge in [0, 0.05) is 0 Å². The van der Waals surface area contributed by atoms with Crippen molar-refractivity contribution < 1.29 is 18.7 Å². The molecule has 1 amide bonds. The summed E-state index contributed by atoms with van der Waals surface area (Å²) in [6.07, 6.45) is 0. The monoisotopic (exact) mass is 493 g/mol. The molecule has 0 aliphatic rings. The lowest BCUT2D eigenvalue weighted by Crippen LogP contribution is -2.30. The Morgan fingerprint density at radius 1 is 1.09 bits per heavy atom. The number of rotatable bonds is 9. The highest BCUT2D eigenvalue weighted by atomic mass is 32.2. The van der Waals surface area contributed by atoms with Gasteiger partial charge in [-0.1, -0.05) is 42.1 Å². The normalized spacial score (nSPS) is 10.8. The molecule has 0 bridgehead atoms. The Bertz CT molecular complexity index is 1420. The first-order valence-corrected chi connectivity index (χ1v) is 11.9. The SMILES string of the molecule is COc1ccccc1OCCNC(=O)CSc1nc2ccccc2c(=O)n1-c1ccc(C)c(F)c1. The molecule has 35 heavy (non-hydrogen) atoms. The fourth-order valence-corrected chi connectivity index (χ4v) is 4.27. The number of carbonyl (C=O) groups excluding carboxylic acids is 1. The van der Waals surface area contributed by atoms with Crippen LogP contribution < -0.4 is 20.3 Å². The molecule has 0 spiro atoms. The Morgan fingerprint density at radius 2 is 1.83 bits per heavy atom. The molecule has 7 nitrogen and oxygen atoms in total. The van der Waals surface area contributed by atoms with Crippen LogP contribution in [0, 0.1) is 12.7 Å². The minimum absolute atomic E-state index is 0.0216. The highest BCUT2D eigenvalue weighted by Crippen LogP contribution is 2.25. The fraction of sp³-hybridized carbons (Fsp3) is 0.192. The van der Waals surface area contributed by atoms with Crippen molar-refractivity contribution in [1.29, 1.82) is 0 Å². The van der Waals surface area contributed by atoms with Crippen LogP contribution in [-0.4, -0.2) is 41.5 Å². The summed E-state index contributed by atoms with van der Waals surface area (Å²) in [7, 11) is 1.56. The minimum Gasteiger partial charge on any atom is -0.493 e. The molecular formula is C26H24FN3O4S. The molecule has 4 rings (SSSR count). The number of aryl methyl sites for hydroxylation is 1. The molecule has 0 fully saturated rings. The lowest BCUT2D eigenvalue weighted by atomic mass is 10.2. The van der Waals surface area contributed by atoms with Crippen LogP contribution in [0.1, 0.15) is 5.56 Å². The first-order valence-electron chi connectivity index (χ1n) is 10.9. The number of nitrogens with zero attached hydrogens (tertiary/aromatic N) is 2. The first kappa shape index (κ1) is 24.3. The standard InChI is InChI=1S/C26H24FN3O4S/c1-17-11-12-18(15-20(17)27)30-25(32)19-7-3-4-8-21(19)29-26(30)35-16-24(31)28-13-14-34-23-10-6-5-9-22(23)33-2/h3-12,15H,13-14,16H2,1-2H3,(H,28,31). The molecule has 1 N–H and O–H groups in total. The number of methoxy groups -OCH3 is 1. The summed E-state index contributed by atoms with van der Waals surface area (Å²) in [6, 6.07) is 18.8. The second-order valence-electron chi connectivity index (χ2n) is 7.62. The van der Waals surface area contributed by atoms with Gasteiger partial charge in [0.25, 0.3) is 5.56 Å². The van der Waals surface area contributed by atoms with Gasteiger partial charge in [-0.05, 0) is 48.9 Å². The molecule has 0 aliphatic heterocycles. The number of thioether (sulfide) groups is 1. The summed E-state index contributed by atoms with van der Waals surface area (Å²) < 4.78 is 26.5. The van der Waals surface area contributed by atoms with Crippen LogP contribution in [0.3, 0.4) is 0 Å². The Morgan fingerprint density at radius 3 is 2.60 bits per heavy atom. The number of nitrogens with one attached hydrogen (secondary N) is 1. The van der Waals surface area contributed by atoms with E-state index in [2.05, 4.69) is 10.3 Å². The average molecular weight is 494 g/mol. The summed E-state index contributed by atoms with van der Waals surface area (Å²) in [5.41, 5.74) is 1.00. The predicted molar refractivity (Wildman–Crippen MR) is 134 cm³/mol. The second kappa shape index (κ2) is 11.1. The molecule has 1 heterocycles. The van der Waals surface area contributed by atoms with Crippen LogP contribution >= 0.6 is 11.8 Å².